The normalized spacial score (nSPS) is 20.5. The second-order valence-electron chi connectivity index (χ2n) is 3.40. The zero-order valence-electron chi connectivity index (χ0n) is 7.85. The summed E-state index contributed by atoms with van der Waals surface area (Å²) in [5.74, 6) is -0.00229. The Bertz CT molecular complexity index is 374. The van der Waals surface area contributed by atoms with E-state index in [2.05, 4.69) is 42.5 Å². The first-order chi connectivity index (χ1) is 7.16. The number of halogens is 2. The van der Waals surface area contributed by atoms with Gasteiger partial charge in [0.15, 0.2) is 0 Å². The maximum Gasteiger partial charge on any atom is 0.253 e. The monoisotopic (exact) mass is 352 g/mol. The zero-order chi connectivity index (χ0) is 10.8. The Morgan fingerprint density at radius 3 is 2.93 bits per heavy atom. The standard InChI is InChI=1S/C9H10Br2N2OS/c10-7-3-6(8(11)15-7)9(14)13-5-1-2-12-4-5/h3,5,12H,1-2,4H2,(H,13,14)/t5-/m1/s1. The van der Waals surface area contributed by atoms with Gasteiger partial charge >= 0.3 is 0 Å². The Morgan fingerprint density at radius 2 is 2.40 bits per heavy atom. The molecule has 0 bridgehead atoms. The molecule has 1 amide bonds. The number of carbonyl (C=O) groups excluding carboxylic acids is 1. The third-order valence-corrected chi connectivity index (χ3v) is 4.64. The Kier molecular flexibility index (Phi) is 3.82. The summed E-state index contributed by atoms with van der Waals surface area (Å²) in [4.78, 5) is 11.9. The van der Waals surface area contributed by atoms with Crippen LogP contribution in [0.4, 0.5) is 0 Å². The maximum atomic E-state index is 11.9. The fourth-order valence-corrected chi connectivity index (χ4v) is 4.33. The fourth-order valence-electron chi connectivity index (χ4n) is 1.54. The zero-order valence-corrected chi connectivity index (χ0v) is 11.8. The van der Waals surface area contributed by atoms with E-state index in [1.165, 1.54) is 11.3 Å². The van der Waals surface area contributed by atoms with E-state index in [0.29, 0.717) is 5.56 Å². The Balaban J connectivity index is 2.03. The highest BCUT2D eigenvalue weighted by Gasteiger charge is 2.20. The summed E-state index contributed by atoms with van der Waals surface area (Å²) in [5, 5.41) is 6.22. The van der Waals surface area contributed by atoms with Gasteiger partial charge in [-0.3, -0.25) is 4.79 Å². The average Bonchev–Trinajstić information content (AvgIpc) is 2.75. The van der Waals surface area contributed by atoms with Gasteiger partial charge in [-0.2, -0.15) is 0 Å². The van der Waals surface area contributed by atoms with Crippen molar-refractivity contribution in [2.45, 2.75) is 12.5 Å². The van der Waals surface area contributed by atoms with Crippen LogP contribution in [-0.2, 0) is 0 Å². The SMILES string of the molecule is O=C(N[C@@H]1CCNC1)c1cc(Br)sc1Br. The Morgan fingerprint density at radius 1 is 1.60 bits per heavy atom. The number of hydrogen-bond donors (Lipinski definition) is 2. The van der Waals surface area contributed by atoms with Gasteiger partial charge in [0, 0.05) is 12.6 Å². The minimum absolute atomic E-state index is 0.00229. The van der Waals surface area contributed by atoms with Crippen molar-refractivity contribution in [1.82, 2.24) is 10.6 Å². The van der Waals surface area contributed by atoms with Crippen LogP contribution in [0.3, 0.4) is 0 Å². The van der Waals surface area contributed by atoms with Gasteiger partial charge in [-0.1, -0.05) is 0 Å². The summed E-state index contributed by atoms with van der Waals surface area (Å²) in [6.07, 6.45) is 1.01. The molecule has 0 saturated carbocycles. The number of amides is 1. The Hall–Kier alpha value is 0.0900. The number of carbonyl (C=O) groups is 1. The largest absolute Gasteiger partial charge is 0.348 e. The van der Waals surface area contributed by atoms with E-state index in [1.54, 1.807) is 0 Å². The summed E-state index contributed by atoms with van der Waals surface area (Å²) in [7, 11) is 0. The van der Waals surface area contributed by atoms with E-state index >= 15 is 0 Å². The molecular weight excluding hydrogens is 344 g/mol. The van der Waals surface area contributed by atoms with Crippen molar-refractivity contribution in [3.63, 3.8) is 0 Å². The summed E-state index contributed by atoms with van der Waals surface area (Å²) < 4.78 is 1.84. The van der Waals surface area contributed by atoms with Crippen LogP contribution in [0.1, 0.15) is 16.8 Å². The van der Waals surface area contributed by atoms with Crippen LogP contribution < -0.4 is 10.6 Å². The van der Waals surface area contributed by atoms with Crippen molar-refractivity contribution in [2.24, 2.45) is 0 Å². The molecule has 0 unspecified atom stereocenters. The maximum absolute atomic E-state index is 11.9. The van der Waals surface area contributed by atoms with Gasteiger partial charge in [0.25, 0.3) is 5.91 Å². The molecule has 0 aromatic carbocycles. The molecule has 2 rings (SSSR count). The Labute approximate surface area is 109 Å². The minimum atomic E-state index is -0.00229. The highest BCUT2D eigenvalue weighted by atomic mass is 79.9. The minimum Gasteiger partial charge on any atom is -0.348 e. The summed E-state index contributed by atoms with van der Waals surface area (Å²) >= 11 is 8.25. The number of nitrogens with one attached hydrogen (secondary N) is 2. The predicted molar refractivity (Wildman–Crippen MR) is 68.5 cm³/mol. The van der Waals surface area contributed by atoms with Crippen LogP contribution in [-0.4, -0.2) is 25.0 Å². The van der Waals surface area contributed by atoms with Crippen molar-refractivity contribution >= 4 is 49.1 Å². The number of hydrogen-bond acceptors (Lipinski definition) is 3. The first-order valence-electron chi connectivity index (χ1n) is 4.63. The van der Waals surface area contributed by atoms with Crippen molar-refractivity contribution < 1.29 is 4.79 Å². The molecule has 2 N–H and O–H groups in total. The van der Waals surface area contributed by atoms with E-state index in [9.17, 15) is 4.79 Å². The van der Waals surface area contributed by atoms with Crippen LogP contribution in [0.2, 0.25) is 0 Å². The van der Waals surface area contributed by atoms with Crippen molar-refractivity contribution in [3.05, 3.63) is 19.2 Å². The molecular formula is C9H10Br2N2OS. The lowest BCUT2D eigenvalue weighted by molar-refractivity contribution is 0.0940. The lowest BCUT2D eigenvalue weighted by Crippen LogP contribution is -2.36. The molecule has 0 radical (unpaired) electrons. The van der Waals surface area contributed by atoms with Gasteiger partial charge in [-0.05, 0) is 50.9 Å². The van der Waals surface area contributed by atoms with Crippen LogP contribution >= 0.6 is 43.2 Å². The van der Waals surface area contributed by atoms with Gasteiger partial charge in [0.1, 0.15) is 0 Å². The van der Waals surface area contributed by atoms with Gasteiger partial charge in [-0.15, -0.1) is 11.3 Å². The van der Waals surface area contributed by atoms with E-state index in [4.69, 9.17) is 0 Å². The first-order valence-corrected chi connectivity index (χ1v) is 7.03. The van der Waals surface area contributed by atoms with Crippen LogP contribution in [0.5, 0.6) is 0 Å². The molecule has 1 saturated heterocycles. The fraction of sp³-hybridized carbons (Fsp3) is 0.444. The summed E-state index contributed by atoms with van der Waals surface area (Å²) in [6.45, 7) is 1.86. The predicted octanol–water partition coefficient (Wildman–Crippen LogP) is 2.36. The molecule has 1 atom stereocenters. The van der Waals surface area contributed by atoms with Crippen molar-refractivity contribution in [3.8, 4) is 0 Å². The van der Waals surface area contributed by atoms with Gasteiger partial charge in [0.05, 0.1) is 13.1 Å². The molecule has 82 valence electrons. The summed E-state index contributed by atoms with van der Waals surface area (Å²) in [5.41, 5.74) is 0.707. The van der Waals surface area contributed by atoms with E-state index in [1.807, 2.05) is 6.07 Å². The van der Waals surface area contributed by atoms with Crippen LogP contribution in [0.15, 0.2) is 13.6 Å². The molecule has 15 heavy (non-hydrogen) atoms. The summed E-state index contributed by atoms with van der Waals surface area (Å²) in [6, 6.07) is 2.11. The van der Waals surface area contributed by atoms with E-state index in [0.717, 1.165) is 27.1 Å². The third-order valence-electron chi connectivity index (χ3n) is 2.30. The van der Waals surface area contributed by atoms with Gasteiger partial charge in [0.2, 0.25) is 0 Å². The van der Waals surface area contributed by atoms with E-state index in [-0.39, 0.29) is 11.9 Å². The second kappa shape index (κ2) is 4.95. The topological polar surface area (TPSA) is 41.1 Å². The van der Waals surface area contributed by atoms with E-state index < -0.39 is 0 Å². The van der Waals surface area contributed by atoms with Crippen LogP contribution in [0, 0.1) is 0 Å². The molecule has 0 aliphatic carbocycles. The first kappa shape index (κ1) is 11.6. The lowest BCUT2D eigenvalue weighted by Gasteiger charge is -2.10. The number of rotatable bonds is 2. The quantitative estimate of drug-likeness (QED) is 0.856. The van der Waals surface area contributed by atoms with Gasteiger partial charge in [-0.25, -0.2) is 0 Å². The second-order valence-corrected chi connectivity index (χ2v) is 7.15. The molecule has 2 heterocycles. The molecule has 1 aliphatic rings. The molecule has 1 aromatic heterocycles. The van der Waals surface area contributed by atoms with Crippen LogP contribution in [0.25, 0.3) is 0 Å². The highest BCUT2D eigenvalue weighted by molar-refractivity contribution is 9.12. The smallest absolute Gasteiger partial charge is 0.253 e. The third kappa shape index (κ3) is 2.81. The molecule has 1 aromatic rings. The molecule has 0 spiro atoms. The molecule has 1 aliphatic heterocycles. The highest BCUT2D eigenvalue weighted by Crippen LogP contribution is 2.31. The lowest BCUT2D eigenvalue weighted by atomic mass is 10.2. The van der Waals surface area contributed by atoms with Crippen molar-refractivity contribution in [2.75, 3.05) is 13.1 Å². The molecule has 3 nitrogen and oxygen atoms in total. The molecule has 6 heteroatoms. The van der Waals surface area contributed by atoms with Crippen molar-refractivity contribution in [1.29, 1.82) is 0 Å². The average molecular weight is 354 g/mol. The van der Waals surface area contributed by atoms with Gasteiger partial charge < -0.3 is 10.6 Å². The molecule has 1 fully saturated rings. The number of thiophene rings is 1.